The molecule has 2 heterocycles. The molecule has 0 spiro atoms. The van der Waals surface area contributed by atoms with Gasteiger partial charge in [0.1, 0.15) is 5.82 Å². The molecule has 7 nitrogen and oxygen atoms in total. The number of halogens is 1. The molecule has 0 aromatic heterocycles. The molecule has 2 aromatic carbocycles. The Morgan fingerprint density at radius 3 is 2.23 bits per heavy atom. The van der Waals surface area contributed by atoms with Crippen molar-refractivity contribution in [2.45, 2.75) is 19.4 Å². The molecule has 154 valence electrons. The summed E-state index contributed by atoms with van der Waals surface area (Å²) in [5.41, 5.74) is 6.69. The van der Waals surface area contributed by atoms with Crippen LogP contribution in [0.5, 0.6) is 0 Å². The fraction of sp³-hybridized carbons (Fsp3) is 0.273. The van der Waals surface area contributed by atoms with Gasteiger partial charge in [-0.1, -0.05) is 12.1 Å². The number of nitrogens with two attached hydrogens (primary N) is 1. The van der Waals surface area contributed by atoms with Crippen LogP contribution in [0, 0.1) is 11.7 Å². The normalized spacial score (nSPS) is 16.7. The Kier molecular flexibility index (Phi) is 5.07. The molecule has 2 aliphatic rings. The summed E-state index contributed by atoms with van der Waals surface area (Å²) < 4.78 is 13.1. The van der Waals surface area contributed by atoms with Crippen molar-refractivity contribution in [3.8, 4) is 0 Å². The van der Waals surface area contributed by atoms with Crippen LogP contribution in [0.2, 0.25) is 0 Å². The molecule has 2 aromatic rings. The third-order valence-corrected chi connectivity index (χ3v) is 5.66. The van der Waals surface area contributed by atoms with Gasteiger partial charge in [0.05, 0.1) is 17.7 Å². The highest BCUT2D eigenvalue weighted by Crippen LogP contribution is 2.27. The number of hydrogen-bond acceptors (Lipinski definition) is 4. The quantitative estimate of drug-likeness (QED) is 0.780. The van der Waals surface area contributed by atoms with Gasteiger partial charge in [-0.2, -0.15) is 0 Å². The third-order valence-electron chi connectivity index (χ3n) is 5.66. The Bertz CT molecular complexity index is 1040. The van der Waals surface area contributed by atoms with Crippen LogP contribution in [-0.4, -0.2) is 46.5 Å². The van der Waals surface area contributed by atoms with Crippen molar-refractivity contribution in [2.75, 3.05) is 13.1 Å². The lowest BCUT2D eigenvalue weighted by Gasteiger charge is -2.30. The predicted octanol–water partition coefficient (Wildman–Crippen LogP) is 1.96. The zero-order valence-corrected chi connectivity index (χ0v) is 16.1. The van der Waals surface area contributed by atoms with Crippen molar-refractivity contribution in [3.63, 3.8) is 0 Å². The van der Waals surface area contributed by atoms with E-state index in [0.717, 1.165) is 4.90 Å². The van der Waals surface area contributed by atoms with Crippen molar-refractivity contribution in [2.24, 2.45) is 11.7 Å². The summed E-state index contributed by atoms with van der Waals surface area (Å²) in [6.07, 6.45) is 1.02. The second-order valence-corrected chi connectivity index (χ2v) is 7.55. The van der Waals surface area contributed by atoms with Gasteiger partial charge in [-0.15, -0.1) is 0 Å². The maximum Gasteiger partial charge on any atom is 0.261 e. The summed E-state index contributed by atoms with van der Waals surface area (Å²) in [7, 11) is 0. The van der Waals surface area contributed by atoms with Crippen LogP contribution in [0.15, 0.2) is 42.5 Å². The summed E-state index contributed by atoms with van der Waals surface area (Å²) in [5.74, 6) is -2.16. The summed E-state index contributed by atoms with van der Waals surface area (Å²) >= 11 is 0. The van der Waals surface area contributed by atoms with Crippen molar-refractivity contribution in [3.05, 3.63) is 70.5 Å². The van der Waals surface area contributed by atoms with Crippen LogP contribution in [0.4, 0.5) is 4.39 Å². The molecular formula is C22H20FN3O4. The summed E-state index contributed by atoms with van der Waals surface area (Å²) in [6, 6.07) is 10.0. The lowest BCUT2D eigenvalue weighted by Crippen LogP contribution is -2.41. The number of piperidine rings is 1. The highest BCUT2D eigenvalue weighted by molar-refractivity contribution is 6.22. The Morgan fingerprint density at radius 2 is 1.60 bits per heavy atom. The van der Waals surface area contributed by atoms with Crippen molar-refractivity contribution in [1.29, 1.82) is 0 Å². The first-order chi connectivity index (χ1) is 14.3. The minimum Gasteiger partial charge on any atom is -0.369 e. The number of nitrogens with zero attached hydrogens (tertiary/aromatic N) is 2. The molecule has 2 N–H and O–H groups in total. The maximum absolute atomic E-state index is 13.1. The number of rotatable bonds is 4. The van der Waals surface area contributed by atoms with Gasteiger partial charge >= 0.3 is 0 Å². The van der Waals surface area contributed by atoms with Crippen molar-refractivity contribution in [1.82, 2.24) is 9.80 Å². The molecule has 0 aliphatic carbocycles. The Balaban J connectivity index is 1.51. The molecule has 0 bridgehead atoms. The highest BCUT2D eigenvalue weighted by Gasteiger charge is 2.36. The van der Waals surface area contributed by atoms with Gasteiger partial charge in [0.2, 0.25) is 5.91 Å². The largest absolute Gasteiger partial charge is 0.369 e. The van der Waals surface area contributed by atoms with Crippen LogP contribution >= 0.6 is 0 Å². The van der Waals surface area contributed by atoms with Crippen molar-refractivity contribution >= 4 is 23.6 Å². The van der Waals surface area contributed by atoms with E-state index in [2.05, 4.69) is 0 Å². The molecule has 0 unspecified atom stereocenters. The number of hydrogen-bond donors (Lipinski definition) is 1. The highest BCUT2D eigenvalue weighted by atomic mass is 19.1. The first kappa shape index (κ1) is 19.8. The average molecular weight is 409 g/mol. The summed E-state index contributed by atoms with van der Waals surface area (Å²) in [6.45, 7) is 0.844. The van der Waals surface area contributed by atoms with E-state index in [9.17, 15) is 23.6 Å². The Labute approximate surface area is 172 Å². The van der Waals surface area contributed by atoms with Crippen LogP contribution in [0.25, 0.3) is 0 Å². The lowest BCUT2D eigenvalue weighted by atomic mass is 9.95. The Morgan fingerprint density at radius 1 is 0.967 bits per heavy atom. The minimum absolute atomic E-state index is 0.0243. The number of primary amides is 1. The van der Waals surface area contributed by atoms with Gasteiger partial charge in [0.25, 0.3) is 17.7 Å². The van der Waals surface area contributed by atoms with Crippen LogP contribution in [0.1, 0.15) is 49.5 Å². The van der Waals surface area contributed by atoms with Gasteiger partial charge in [0, 0.05) is 24.6 Å². The fourth-order valence-corrected chi connectivity index (χ4v) is 3.89. The molecule has 30 heavy (non-hydrogen) atoms. The van der Waals surface area contributed by atoms with Gasteiger partial charge in [-0.05, 0) is 48.7 Å². The summed E-state index contributed by atoms with van der Waals surface area (Å²) in [4.78, 5) is 52.3. The number of amides is 4. The monoisotopic (exact) mass is 409 g/mol. The molecule has 0 atom stereocenters. The van der Waals surface area contributed by atoms with E-state index in [1.165, 1.54) is 42.5 Å². The zero-order chi connectivity index (χ0) is 21.4. The van der Waals surface area contributed by atoms with Gasteiger partial charge in [0.15, 0.2) is 0 Å². The second-order valence-electron chi connectivity index (χ2n) is 7.55. The van der Waals surface area contributed by atoms with Crippen LogP contribution < -0.4 is 5.73 Å². The van der Waals surface area contributed by atoms with Crippen LogP contribution in [-0.2, 0) is 11.3 Å². The molecule has 8 heteroatoms. The maximum atomic E-state index is 13.1. The van der Waals surface area contributed by atoms with E-state index >= 15 is 0 Å². The van der Waals surface area contributed by atoms with E-state index in [-0.39, 0.29) is 35.4 Å². The zero-order valence-electron chi connectivity index (χ0n) is 16.1. The number of fused-ring (bicyclic) bond motifs is 1. The third kappa shape index (κ3) is 3.56. The molecule has 1 fully saturated rings. The second kappa shape index (κ2) is 7.70. The number of carbonyl (C=O) groups is 4. The molecule has 0 saturated carbocycles. The van der Waals surface area contributed by atoms with E-state index in [4.69, 9.17) is 5.73 Å². The molecule has 2 aliphatic heterocycles. The molecule has 1 saturated heterocycles. The minimum atomic E-state index is -0.485. The van der Waals surface area contributed by atoms with E-state index in [1.54, 1.807) is 4.90 Å². The van der Waals surface area contributed by atoms with Crippen molar-refractivity contribution < 1.29 is 23.6 Å². The molecule has 0 radical (unpaired) electrons. The van der Waals surface area contributed by atoms with Crippen LogP contribution in [0.3, 0.4) is 0 Å². The summed E-state index contributed by atoms with van der Waals surface area (Å²) in [5, 5.41) is 0. The van der Waals surface area contributed by atoms with Gasteiger partial charge in [-0.3, -0.25) is 24.1 Å². The molecule has 4 amide bonds. The number of imide groups is 1. The SMILES string of the molecule is NC(=O)C1CCN(C(=O)c2ccc3c(c2)C(=O)N(Cc2ccc(F)cc2)C3=O)CC1. The van der Waals surface area contributed by atoms with Gasteiger partial charge in [-0.25, -0.2) is 4.39 Å². The first-order valence-electron chi connectivity index (χ1n) is 9.68. The topological polar surface area (TPSA) is 101 Å². The van der Waals surface area contributed by atoms with Gasteiger partial charge < -0.3 is 10.6 Å². The number of benzene rings is 2. The smallest absolute Gasteiger partial charge is 0.261 e. The molecule has 4 rings (SSSR count). The predicted molar refractivity (Wildman–Crippen MR) is 105 cm³/mol. The Hall–Kier alpha value is -3.55. The lowest BCUT2D eigenvalue weighted by molar-refractivity contribution is -0.123. The standard InChI is InChI=1S/C22H20FN3O4/c23-16-4-1-13(2-5-16)12-26-21(29)17-6-3-15(11-18(17)22(26)30)20(28)25-9-7-14(8-10-25)19(24)27/h1-6,11,14H,7-10,12H2,(H2,24,27). The number of likely N-dealkylation sites (tertiary alicyclic amines) is 1. The van der Waals surface area contributed by atoms with E-state index in [0.29, 0.717) is 37.1 Å². The number of carbonyl (C=O) groups excluding carboxylic acids is 4. The first-order valence-corrected chi connectivity index (χ1v) is 9.68. The fourth-order valence-electron chi connectivity index (χ4n) is 3.89. The molecular weight excluding hydrogens is 389 g/mol. The van der Waals surface area contributed by atoms with E-state index in [1.807, 2.05) is 0 Å². The average Bonchev–Trinajstić information content (AvgIpc) is 2.99. The van der Waals surface area contributed by atoms with E-state index < -0.39 is 17.6 Å².